The van der Waals surface area contributed by atoms with Crippen LogP contribution in [0.3, 0.4) is 0 Å². The molecule has 1 fully saturated rings. The molecular formula is C10H10N2O2. The number of nitrogens with one attached hydrogen (secondary N) is 1. The molecule has 0 atom stereocenters. The van der Waals surface area contributed by atoms with E-state index in [0.29, 0.717) is 18.7 Å². The molecule has 1 N–H and O–H groups in total. The molecule has 1 aliphatic heterocycles. The predicted molar refractivity (Wildman–Crippen MR) is 52.6 cm³/mol. The van der Waals surface area contributed by atoms with Gasteiger partial charge < -0.3 is 5.32 Å². The Labute approximate surface area is 81.5 Å². The Morgan fingerprint density at radius 1 is 1.29 bits per heavy atom. The van der Waals surface area contributed by atoms with Gasteiger partial charge in [0.1, 0.15) is 6.29 Å². The molecule has 2 amide bonds. The number of aldehydes is 1. The van der Waals surface area contributed by atoms with Gasteiger partial charge in [0.2, 0.25) is 0 Å². The van der Waals surface area contributed by atoms with Gasteiger partial charge >= 0.3 is 6.03 Å². The molecule has 2 rings (SSSR count). The third kappa shape index (κ3) is 1.46. The van der Waals surface area contributed by atoms with E-state index in [1.165, 1.54) is 0 Å². The summed E-state index contributed by atoms with van der Waals surface area (Å²) < 4.78 is 0. The molecule has 0 aromatic heterocycles. The number of nitrogens with zero attached hydrogens (tertiary/aromatic N) is 1. The van der Waals surface area contributed by atoms with Crippen molar-refractivity contribution in [1.82, 2.24) is 5.32 Å². The molecular weight excluding hydrogens is 180 g/mol. The summed E-state index contributed by atoms with van der Waals surface area (Å²) in [5.74, 6) is 0. The SMILES string of the molecule is O=Cc1ccc(N2CCNC2=O)cc1. The van der Waals surface area contributed by atoms with Crippen molar-refractivity contribution in [3.63, 3.8) is 0 Å². The number of benzene rings is 1. The molecule has 0 unspecified atom stereocenters. The lowest BCUT2D eigenvalue weighted by Gasteiger charge is -2.13. The van der Waals surface area contributed by atoms with Gasteiger partial charge in [-0.15, -0.1) is 0 Å². The van der Waals surface area contributed by atoms with Crippen LogP contribution in [0.4, 0.5) is 10.5 Å². The van der Waals surface area contributed by atoms with Crippen molar-refractivity contribution in [2.24, 2.45) is 0 Å². The second-order valence-electron chi connectivity index (χ2n) is 3.09. The Balaban J connectivity index is 2.24. The zero-order valence-electron chi connectivity index (χ0n) is 7.56. The molecule has 0 spiro atoms. The quantitative estimate of drug-likeness (QED) is 0.708. The van der Waals surface area contributed by atoms with Gasteiger partial charge in [0.05, 0.1) is 0 Å². The highest BCUT2D eigenvalue weighted by Crippen LogP contribution is 2.16. The topological polar surface area (TPSA) is 49.4 Å². The molecule has 1 aliphatic rings. The summed E-state index contributed by atoms with van der Waals surface area (Å²) in [5.41, 5.74) is 1.44. The first-order valence-corrected chi connectivity index (χ1v) is 4.42. The van der Waals surface area contributed by atoms with E-state index >= 15 is 0 Å². The van der Waals surface area contributed by atoms with Crippen molar-refractivity contribution in [3.8, 4) is 0 Å². The fourth-order valence-corrected chi connectivity index (χ4v) is 1.45. The van der Waals surface area contributed by atoms with Gasteiger partial charge in [-0.3, -0.25) is 9.69 Å². The number of rotatable bonds is 2. The Morgan fingerprint density at radius 3 is 2.50 bits per heavy atom. The van der Waals surface area contributed by atoms with Crippen molar-refractivity contribution in [1.29, 1.82) is 0 Å². The van der Waals surface area contributed by atoms with E-state index in [1.807, 2.05) is 0 Å². The monoisotopic (exact) mass is 190 g/mol. The van der Waals surface area contributed by atoms with Crippen LogP contribution in [0, 0.1) is 0 Å². The van der Waals surface area contributed by atoms with Crippen LogP contribution in [-0.2, 0) is 0 Å². The molecule has 1 saturated heterocycles. The molecule has 0 bridgehead atoms. The van der Waals surface area contributed by atoms with Gasteiger partial charge in [-0.05, 0) is 24.3 Å². The second-order valence-corrected chi connectivity index (χ2v) is 3.09. The minimum absolute atomic E-state index is 0.0798. The molecule has 14 heavy (non-hydrogen) atoms. The lowest BCUT2D eigenvalue weighted by Crippen LogP contribution is -2.27. The standard InChI is InChI=1S/C10H10N2O2/c13-7-8-1-3-9(4-2-8)12-6-5-11-10(12)14/h1-4,7H,5-6H2,(H,11,14). The molecule has 1 aromatic rings. The Morgan fingerprint density at radius 2 is 2.00 bits per heavy atom. The number of amides is 2. The van der Waals surface area contributed by atoms with E-state index in [1.54, 1.807) is 29.2 Å². The Bertz CT molecular complexity index is 359. The van der Waals surface area contributed by atoms with Crippen molar-refractivity contribution < 1.29 is 9.59 Å². The van der Waals surface area contributed by atoms with Crippen molar-refractivity contribution >= 4 is 18.0 Å². The van der Waals surface area contributed by atoms with Gasteiger partial charge in [-0.1, -0.05) is 0 Å². The third-order valence-corrected chi connectivity index (χ3v) is 2.20. The lowest BCUT2D eigenvalue weighted by atomic mass is 10.2. The van der Waals surface area contributed by atoms with Crippen molar-refractivity contribution in [2.75, 3.05) is 18.0 Å². The number of urea groups is 1. The number of hydrogen-bond acceptors (Lipinski definition) is 2. The zero-order valence-corrected chi connectivity index (χ0v) is 7.56. The second kappa shape index (κ2) is 3.49. The molecule has 4 nitrogen and oxygen atoms in total. The smallest absolute Gasteiger partial charge is 0.321 e. The van der Waals surface area contributed by atoms with Crippen LogP contribution in [0.15, 0.2) is 24.3 Å². The van der Waals surface area contributed by atoms with Crippen LogP contribution in [0.5, 0.6) is 0 Å². The fourth-order valence-electron chi connectivity index (χ4n) is 1.45. The number of carbonyl (C=O) groups excluding carboxylic acids is 2. The van der Waals surface area contributed by atoms with Gasteiger partial charge in [0, 0.05) is 24.3 Å². The van der Waals surface area contributed by atoms with E-state index in [9.17, 15) is 9.59 Å². The highest BCUT2D eigenvalue weighted by molar-refractivity contribution is 5.94. The maximum atomic E-state index is 11.3. The minimum atomic E-state index is -0.0798. The van der Waals surface area contributed by atoms with Gasteiger partial charge in [0.25, 0.3) is 0 Å². The summed E-state index contributed by atoms with van der Waals surface area (Å²) >= 11 is 0. The largest absolute Gasteiger partial charge is 0.336 e. The van der Waals surface area contributed by atoms with E-state index in [2.05, 4.69) is 5.32 Å². The average molecular weight is 190 g/mol. The number of hydrogen-bond donors (Lipinski definition) is 1. The Hall–Kier alpha value is -1.84. The highest BCUT2D eigenvalue weighted by Gasteiger charge is 2.20. The number of anilines is 1. The normalized spacial score (nSPS) is 15.4. The fraction of sp³-hybridized carbons (Fsp3) is 0.200. The van der Waals surface area contributed by atoms with Gasteiger partial charge in [-0.2, -0.15) is 0 Å². The van der Waals surface area contributed by atoms with Crippen LogP contribution in [0.2, 0.25) is 0 Å². The first-order valence-electron chi connectivity index (χ1n) is 4.42. The maximum absolute atomic E-state index is 11.3. The predicted octanol–water partition coefficient (Wildman–Crippen LogP) is 1.03. The van der Waals surface area contributed by atoms with E-state index in [-0.39, 0.29) is 6.03 Å². The van der Waals surface area contributed by atoms with Gasteiger partial charge in [0.15, 0.2) is 0 Å². The van der Waals surface area contributed by atoms with Crippen LogP contribution in [0.25, 0.3) is 0 Å². The molecule has 0 aliphatic carbocycles. The summed E-state index contributed by atoms with van der Waals surface area (Å²) in [4.78, 5) is 23.3. The van der Waals surface area contributed by atoms with E-state index in [4.69, 9.17) is 0 Å². The van der Waals surface area contributed by atoms with E-state index in [0.717, 1.165) is 12.0 Å². The van der Waals surface area contributed by atoms with E-state index < -0.39 is 0 Å². The van der Waals surface area contributed by atoms with Crippen molar-refractivity contribution in [2.45, 2.75) is 0 Å². The molecule has 1 heterocycles. The van der Waals surface area contributed by atoms with Crippen molar-refractivity contribution in [3.05, 3.63) is 29.8 Å². The molecule has 0 saturated carbocycles. The summed E-state index contributed by atoms with van der Waals surface area (Å²) in [6, 6.07) is 6.87. The molecule has 1 aromatic carbocycles. The zero-order chi connectivity index (χ0) is 9.97. The van der Waals surface area contributed by atoms with Gasteiger partial charge in [-0.25, -0.2) is 4.79 Å². The van der Waals surface area contributed by atoms with Crippen LogP contribution >= 0.6 is 0 Å². The average Bonchev–Trinajstić information content (AvgIpc) is 2.65. The third-order valence-electron chi connectivity index (χ3n) is 2.20. The van der Waals surface area contributed by atoms with Crippen LogP contribution in [-0.4, -0.2) is 25.4 Å². The van der Waals surface area contributed by atoms with Crippen LogP contribution < -0.4 is 10.2 Å². The first-order chi connectivity index (χ1) is 6.81. The highest BCUT2D eigenvalue weighted by atomic mass is 16.2. The minimum Gasteiger partial charge on any atom is -0.336 e. The maximum Gasteiger partial charge on any atom is 0.321 e. The summed E-state index contributed by atoms with van der Waals surface area (Å²) in [7, 11) is 0. The number of carbonyl (C=O) groups is 2. The molecule has 72 valence electrons. The molecule has 4 heteroatoms. The lowest BCUT2D eigenvalue weighted by molar-refractivity contribution is 0.112. The summed E-state index contributed by atoms with van der Waals surface area (Å²) in [6.45, 7) is 1.35. The Kier molecular flexibility index (Phi) is 2.18. The summed E-state index contributed by atoms with van der Waals surface area (Å²) in [6.07, 6.45) is 0.786. The summed E-state index contributed by atoms with van der Waals surface area (Å²) in [5, 5.41) is 2.71. The first kappa shape index (κ1) is 8.74. The van der Waals surface area contributed by atoms with Crippen LogP contribution in [0.1, 0.15) is 10.4 Å². The molecule has 0 radical (unpaired) electrons.